The fourth-order valence-corrected chi connectivity index (χ4v) is 18.5. The topological polar surface area (TPSA) is 11.4 Å². The molecular formula is C103H82BN3. The highest BCUT2D eigenvalue weighted by molar-refractivity contribution is 7.00. The van der Waals surface area contributed by atoms with Gasteiger partial charge in [-0.05, 0) is 193 Å². The zero-order valence-corrected chi connectivity index (χ0v) is 61.8. The maximum absolute atomic E-state index is 9.71. The molecule has 3 nitrogen and oxygen atoms in total. The summed E-state index contributed by atoms with van der Waals surface area (Å²) in [6, 6.07) is 111. The van der Waals surface area contributed by atoms with Crippen molar-refractivity contribution in [2.45, 2.75) is 84.0 Å². The average molecular weight is 1380 g/mol. The molecule has 0 saturated heterocycles. The highest BCUT2D eigenvalue weighted by Crippen LogP contribution is 2.65. The first-order chi connectivity index (χ1) is 54.1. The van der Waals surface area contributed by atoms with Crippen LogP contribution in [0.15, 0.2) is 334 Å². The third kappa shape index (κ3) is 9.81. The number of nitrogens with zero attached hydrogens (tertiary/aromatic N) is 3. The van der Waals surface area contributed by atoms with Crippen LogP contribution in [-0.4, -0.2) is 11.3 Å². The fraction of sp³-hybridized carbons (Fsp3) is 0.126. The van der Waals surface area contributed by atoms with Crippen LogP contribution in [0, 0.1) is 0 Å². The van der Waals surface area contributed by atoms with E-state index in [1.54, 1.807) is 0 Å². The Labute approximate surface area is 636 Å². The molecule has 0 unspecified atom stereocenters. The highest BCUT2D eigenvalue weighted by Gasteiger charge is 2.53. The minimum atomic E-state index is -0.658. The van der Waals surface area contributed by atoms with Crippen molar-refractivity contribution < 1.29 is 6.85 Å². The van der Waals surface area contributed by atoms with E-state index in [9.17, 15) is 5.48 Å². The SMILES string of the molecule is [2H]c1c([2H])c([2H])c(-c2ccc3c(c2)B2c4ccc(-c5cccc6c5C5(c7ccccc7-c7ccccc75)c5ccccc5-6)cc4N(c4ccc(C(C)(C)C)cc4-c4ccccc4)c4cc(-n5c6ccc(C(C)(C)C)cc6c6cc(C(C)(C)C)ccc65)cc(c42)N3c2c(-c3ccccc3)cccc2-c2ccccc2)c([2H])c1[2H]. The van der Waals surface area contributed by atoms with Gasteiger partial charge in [0.2, 0.25) is 0 Å². The second-order valence-electron chi connectivity index (χ2n) is 32.7. The van der Waals surface area contributed by atoms with E-state index in [-0.39, 0.29) is 46.0 Å². The number of hydrogen-bond acceptors (Lipinski definition) is 2. The molecular weight excluding hydrogens is 1290 g/mol. The minimum Gasteiger partial charge on any atom is -0.311 e. The number of rotatable bonds is 8. The number of hydrogen-bond donors (Lipinski definition) is 0. The summed E-state index contributed by atoms with van der Waals surface area (Å²) in [5.41, 5.74) is 33.6. The lowest BCUT2D eigenvalue weighted by atomic mass is 9.33. The summed E-state index contributed by atoms with van der Waals surface area (Å²) in [4.78, 5) is 5.13. The van der Waals surface area contributed by atoms with E-state index in [0.717, 1.165) is 112 Å². The van der Waals surface area contributed by atoms with Crippen molar-refractivity contribution >= 4 is 79.0 Å². The molecule has 1 aromatic heterocycles. The smallest absolute Gasteiger partial charge is 0.252 e. The normalized spacial score (nSPS) is 14.3. The van der Waals surface area contributed by atoms with Crippen molar-refractivity contribution in [3.05, 3.63) is 372 Å². The van der Waals surface area contributed by atoms with Crippen molar-refractivity contribution in [3.8, 4) is 83.6 Å². The predicted octanol–water partition coefficient (Wildman–Crippen LogP) is 25.4. The number of anilines is 6. The van der Waals surface area contributed by atoms with Crippen LogP contribution in [0.25, 0.3) is 105 Å². The first-order valence-electron chi connectivity index (χ1n) is 40.2. The molecule has 3 heterocycles. The first-order valence-corrected chi connectivity index (χ1v) is 37.7. The molecule has 0 saturated carbocycles. The number of benzene rings is 15. The van der Waals surface area contributed by atoms with Crippen molar-refractivity contribution in [2.75, 3.05) is 9.80 Å². The lowest BCUT2D eigenvalue weighted by molar-refractivity contribution is 0.590. The molecule has 0 fully saturated rings. The second-order valence-corrected chi connectivity index (χ2v) is 32.7. The summed E-state index contributed by atoms with van der Waals surface area (Å²) >= 11 is 0. The number of para-hydroxylation sites is 1. The molecule has 0 radical (unpaired) electrons. The van der Waals surface area contributed by atoms with Gasteiger partial charge in [-0.2, -0.15) is 0 Å². The van der Waals surface area contributed by atoms with Gasteiger partial charge in [0, 0.05) is 50.2 Å². The molecule has 107 heavy (non-hydrogen) atoms. The molecule has 4 heteroatoms. The number of fused-ring (bicyclic) bond motifs is 17. The lowest BCUT2D eigenvalue weighted by Gasteiger charge is -2.46. The molecule has 0 amide bonds. The highest BCUT2D eigenvalue weighted by atomic mass is 15.2. The van der Waals surface area contributed by atoms with Gasteiger partial charge in [0.25, 0.3) is 6.71 Å². The molecule has 16 aromatic rings. The molecule has 0 atom stereocenters. The molecule has 4 aliphatic rings. The Kier molecular flexibility index (Phi) is 13.2. The second kappa shape index (κ2) is 23.9. The molecule has 2 aliphatic heterocycles. The van der Waals surface area contributed by atoms with Crippen molar-refractivity contribution in [2.24, 2.45) is 0 Å². The van der Waals surface area contributed by atoms with Crippen LogP contribution >= 0.6 is 0 Å². The van der Waals surface area contributed by atoms with Crippen molar-refractivity contribution in [3.63, 3.8) is 0 Å². The summed E-state index contributed by atoms with van der Waals surface area (Å²) in [6.45, 7) is 20.2. The maximum atomic E-state index is 9.71. The molecule has 0 N–H and O–H groups in total. The van der Waals surface area contributed by atoms with Crippen LogP contribution in [0.3, 0.4) is 0 Å². The van der Waals surface area contributed by atoms with Gasteiger partial charge in [0.15, 0.2) is 0 Å². The summed E-state index contributed by atoms with van der Waals surface area (Å²) in [5.74, 6) is 0. The van der Waals surface area contributed by atoms with Crippen LogP contribution in [0.4, 0.5) is 34.1 Å². The van der Waals surface area contributed by atoms with Crippen LogP contribution in [0.1, 0.15) is 108 Å². The summed E-state index contributed by atoms with van der Waals surface area (Å²) in [5, 5.41) is 2.36. The van der Waals surface area contributed by atoms with Gasteiger partial charge >= 0.3 is 0 Å². The zero-order valence-electron chi connectivity index (χ0n) is 66.8. The average Bonchev–Trinajstić information content (AvgIpc) is 1.46. The summed E-state index contributed by atoms with van der Waals surface area (Å²) < 4.78 is 49.2. The largest absolute Gasteiger partial charge is 0.311 e. The molecule has 20 rings (SSSR count). The standard InChI is InChI=1S/C103H82BN3/c1-100(2,3)71-50-55-90(82(60-71)68-36-20-13-21-37-68)106-94-59-70(75-41-28-44-81-80-40-24-27-47-87(80)103(97(75)81)85-45-25-22-38-78(85)79-39-23-26-46-86(79)103)48-53-88(94)104-89-58-69(65-30-14-10-15-31-65)49-54-93(89)107(99-76(66-32-16-11-17-33-66)42-29-43-77(99)67-34-18-12-19-35-67)96-64-74(63-95(106)98(96)104)105-91-56-51-72(101(4,5)6)61-83(91)84-62-73(102(7,8)9)52-57-92(84)105/h10-64H,1-9H3/i10D,14D,15D,30D,31D. The Hall–Kier alpha value is -12.2. The van der Waals surface area contributed by atoms with Gasteiger partial charge in [-0.25, -0.2) is 0 Å². The van der Waals surface area contributed by atoms with E-state index in [4.69, 9.17) is 1.37 Å². The van der Waals surface area contributed by atoms with Crippen molar-refractivity contribution in [1.29, 1.82) is 0 Å². The van der Waals surface area contributed by atoms with E-state index < -0.39 is 18.2 Å². The minimum absolute atomic E-state index is 0.142. The Morgan fingerprint density at radius 2 is 0.748 bits per heavy atom. The third-order valence-electron chi connectivity index (χ3n) is 23.5. The van der Waals surface area contributed by atoms with Gasteiger partial charge in [0.05, 0.1) is 40.4 Å². The fourth-order valence-electron chi connectivity index (χ4n) is 18.5. The molecule has 2 aliphatic carbocycles. The summed E-state index contributed by atoms with van der Waals surface area (Å²) in [7, 11) is 0. The van der Waals surface area contributed by atoms with E-state index in [0.29, 0.717) is 5.56 Å². The van der Waals surface area contributed by atoms with E-state index in [1.165, 1.54) is 72.0 Å². The molecule has 15 aromatic carbocycles. The Bertz CT molecular complexity index is 6430. The maximum Gasteiger partial charge on any atom is 0.252 e. The zero-order chi connectivity index (χ0) is 76.8. The van der Waals surface area contributed by atoms with Gasteiger partial charge in [-0.15, -0.1) is 0 Å². The van der Waals surface area contributed by atoms with Gasteiger partial charge in [0.1, 0.15) is 0 Å². The Balaban J connectivity index is 0.973. The lowest BCUT2D eigenvalue weighted by Crippen LogP contribution is -2.61. The molecule has 0 bridgehead atoms. The van der Waals surface area contributed by atoms with Crippen LogP contribution < -0.4 is 26.2 Å². The predicted molar refractivity (Wildman–Crippen MR) is 454 cm³/mol. The molecule has 512 valence electrons. The monoisotopic (exact) mass is 1380 g/mol. The van der Waals surface area contributed by atoms with Gasteiger partial charge in [-0.3, -0.25) is 0 Å². The van der Waals surface area contributed by atoms with Gasteiger partial charge < -0.3 is 14.4 Å². The van der Waals surface area contributed by atoms with Crippen molar-refractivity contribution in [1.82, 2.24) is 4.57 Å². The molecule has 1 spiro atoms. The first kappa shape index (κ1) is 59.1. The quantitative estimate of drug-likeness (QED) is 0.141. The van der Waals surface area contributed by atoms with E-state index in [1.807, 2.05) is 6.07 Å². The van der Waals surface area contributed by atoms with Crippen LogP contribution in [0.2, 0.25) is 0 Å². The van der Waals surface area contributed by atoms with Gasteiger partial charge in [-0.1, -0.05) is 335 Å². The number of aromatic nitrogens is 1. The van der Waals surface area contributed by atoms with E-state index >= 15 is 0 Å². The Morgan fingerprint density at radius 3 is 1.30 bits per heavy atom. The van der Waals surface area contributed by atoms with Crippen LogP contribution in [0.5, 0.6) is 0 Å². The summed E-state index contributed by atoms with van der Waals surface area (Å²) in [6.07, 6.45) is 0. The van der Waals surface area contributed by atoms with E-state index in [2.05, 4.69) is 374 Å². The van der Waals surface area contributed by atoms with Crippen LogP contribution in [-0.2, 0) is 21.7 Å². The Morgan fingerprint density at radius 1 is 0.299 bits per heavy atom. The third-order valence-corrected chi connectivity index (χ3v) is 23.5.